The van der Waals surface area contributed by atoms with Crippen molar-refractivity contribution in [2.45, 2.75) is 32.2 Å². The molecule has 2 aromatic carbocycles. The van der Waals surface area contributed by atoms with Crippen LogP contribution in [0.3, 0.4) is 0 Å². The Morgan fingerprint density at radius 3 is 2.21 bits per heavy atom. The van der Waals surface area contributed by atoms with Crippen LogP contribution in [0.1, 0.15) is 26.2 Å². The molecule has 0 spiro atoms. The summed E-state index contributed by atoms with van der Waals surface area (Å²) in [5.41, 5.74) is 1.96. The summed E-state index contributed by atoms with van der Waals surface area (Å²) >= 11 is 0. The van der Waals surface area contributed by atoms with Crippen LogP contribution in [0.2, 0.25) is 0 Å². The van der Waals surface area contributed by atoms with E-state index in [9.17, 15) is 17.6 Å². The predicted octanol–water partition coefficient (Wildman–Crippen LogP) is 3.61. The summed E-state index contributed by atoms with van der Waals surface area (Å²) in [6, 6.07) is 11.7. The van der Waals surface area contributed by atoms with Crippen molar-refractivity contribution in [3.63, 3.8) is 0 Å². The number of rotatable bonds is 7. The van der Waals surface area contributed by atoms with Crippen molar-refractivity contribution < 1.29 is 17.6 Å². The Morgan fingerprint density at radius 1 is 1.10 bits per heavy atom. The molecule has 156 valence electrons. The zero-order valence-electron chi connectivity index (χ0n) is 16.6. The lowest BCUT2D eigenvalue weighted by Gasteiger charge is -2.30. The lowest BCUT2D eigenvalue weighted by molar-refractivity contribution is -0.117. The maximum Gasteiger partial charge on any atom is 0.248 e. The van der Waals surface area contributed by atoms with E-state index >= 15 is 0 Å². The van der Waals surface area contributed by atoms with Gasteiger partial charge in [-0.05, 0) is 67.8 Å². The van der Waals surface area contributed by atoms with Crippen molar-refractivity contribution in [2.75, 3.05) is 33.9 Å². The van der Waals surface area contributed by atoms with Crippen molar-refractivity contribution in [1.29, 1.82) is 0 Å². The summed E-state index contributed by atoms with van der Waals surface area (Å²) in [6.07, 6.45) is 3.67. The van der Waals surface area contributed by atoms with Gasteiger partial charge in [0.25, 0.3) is 0 Å². The Morgan fingerprint density at radius 2 is 1.69 bits per heavy atom. The molecule has 1 fully saturated rings. The van der Waals surface area contributed by atoms with Gasteiger partial charge < -0.3 is 10.2 Å². The summed E-state index contributed by atoms with van der Waals surface area (Å²) < 4.78 is 39.1. The SMILES string of the molecule is CC[C@H](C(=O)Nc1ccc(N2CCCC2)cc1)N(c1ccc(F)cc1)S(C)(=O)=O. The number of anilines is 3. The van der Waals surface area contributed by atoms with E-state index < -0.39 is 27.8 Å². The lowest BCUT2D eigenvalue weighted by atomic mass is 10.1. The second-order valence-corrected chi connectivity index (χ2v) is 9.05. The number of carbonyl (C=O) groups excluding carboxylic acids is 1. The molecule has 1 atom stereocenters. The number of benzene rings is 2. The van der Waals surface area contributed by atoms with Gasteiger partial charge in [-0.25, -0.2) is 12.8 Å². The summed E-state index contributed by atoms with van der Waals surface area (Å²) in [4.78, 5) is 15.2. The maximum absolute atomic E-state index is 13.3. The van der Waals surface area contributed by atoms with Crippen LogP contribution in [0.25, 0.3) is 0 Å². The zero-order valence-corrected chi connectivity index (χ0v) is 17.5. The Hall–Kier alpha value is -2.61. The molecule has 0 saturated carbocycles. The molecule has 6 nitrogen and oxygen atoms in total. The molecule has 2 aromatic rings. The first-order valence-electron chi connectivity index (χ1n) is 9.70. The first-order valence-corrected chi connectivity index (χ1v) is 11.6. The van der Waals surface area contributed by atoms with Gasteiger partial charge in [-0.3, -0.25) is 9.10 Å². The highest BCUT2D eigenvalue weighted by atomic mass is 32.2. The van der Waals surface area contributed by atoms with Gasteiger partial charge in [-0.2, -0.15) is 0 Å². The molecule has 0 unspecified atom stereocenters. The molecule has 1 N–H and O–H groups in total. The van der Waals surface area contributed by atoms with Gasteiger partial charge in [-0.15, -0.1) is 0 Å². The van der Waals surface area contributed by atoms with E-state index in [0.717, 1.165) is 29.3 Å². The van der Waals surface area contributed by atoms with Gasteiger partial charge in [0, 0.05) is 24.5 Å². The van der Waals surface area contributed by atoms with Crippen molar-refractivity contribution in [2.24, 2.45) is 0 Å². The average Bonchev–Trinajstić information content (AvgIpc) is 3.21. The third-order valence-electron chi connectivity index (χ3n) is 5.02. The molecule has 0 radical (unpaired) electrons. The average molecular weight is 420 g/mol. The van der Waals surface area contributed by atoms with Gasteiger partial charge in [0.1, 0.15) is 11.9 Å². The first kappa shape index (κ1) is 21.1. The third-order valence-corrected chi connectivity index (χ3v) is 6.20. The molecule has 0 aliphatic carbocycles. The number of nitrogens with zero attached hydrogens (tertiary/aromatic N) is 2. The lowest BCUT2D eigenvalue weighted by Crippen LogP contribution is -2.47. The van der Waals surface area contributed by atoms with Crippen LogP contribution in [-0.2, 0) is 14.8 Å². The van der Waals surface area contributed by atoms with E-state index in [0.29, 0.717) is 5.69 Å². The standard InChI is InChI=1S/C21H26FN3O3S/c1-3-20(25(29(2,27)28)19-10-6-16(22)7-11-19)21(26)23-17-8-12-18(13-9-17)24-14-4-5-15-24/h6-13,20H,3-5,14-15H2,1-2H3,(H,23,26)/t20-/m1/s1. The Kier molecular flexibility index (Phi) is 6.42. The highest BCUT2D eigenvalue weighted by Gasteiger charge is 2.31. The third kappa shape index (κ3) is 5.06. The molecule has 29 heavy (non-hydrogen) atoms. The number of hydrogen-bond donors (Lipinski definition) is 1. The van der Waals surface area contributed by atoms with Crippen molar-refractivity contribution in [3.8, 4) is 0 Å². The maximum atomic E-state index is 13.3. The number of amides is 1. The quantitative estimate of drug-likeness (QED) is 0.744. The van der Waals surface area contributed by atoms with Gasteiger partial charge in [0.05, 0.1) is 11.9 Å². The van der Waals surface area contributed by atoms with Gasteiger partial charge in [0.2, 0.25) is 15.9 Å². The highest BCUT2D eigenvalue weighted by molar-refractivity contribution is 7.92. The van der Waals surface area contributed by atoms with Crippen LogP contribution in [0.4, 0.5) is 21.5 Å². The molecule has 0 aromatic heterocycles. The number of nitrogens with one attached hydrogen (secondary N) is 1. The van der Waals surface area contributed by atoms with E-state index in [-0.39, 0.29) is 12.1 Å². The second-order valence-electron chi connectivity index (χ2n) is 7.19. The molecule has 8 heteroatoms. The largest absolute Gasteiger partial charge is 0.372 e. The van der Waals surface area contributed by atoms with E-state index in [4.69, 9.17) is 0 Å². The minimum Gasteiger partial charge on any atom is -0.372 e. The Bertz CT molecular complexity index is 940. The molecule has 1 heterocycles. The van der Waals surface area contributed by atoms with Crippen LogP contribution in [0.15, 0.2) is 48.5 Å². The minimum atomic E-state index is -3.75. The normalized spacial score (nSPS) is 15.2. The van der Waals surface area contributed by atoms with Crippen LogP contribution in [0, 0.1) is 5.82 Å². The number of carbonyl (C=O) groups is 1. The van der Waals surface area contributed by atoms with Crippen LogP contribution in [0.5, 0.6) is 0 Å². The smallest absolute Gasteiger partial charge is 0.248 e. The summed E-state index contributed by atoms with van der Waals surface area (Å²) in [5, 5.41) is 2.81. The minimum absolute atomic E-state index is 0.250. The molecule has 1 saturated heterocycles. The summed E-state index contributed by atoms with van der Waals surface area (Å²) in [5.74, 6) is -0.908. The van der Waals surface area contributed by atoms with Crippen LogP contribution < -0.4 is 14.5 Å². The summed E-state index contributed by atoms with van der Waals surface area (Å²) in [6.45, 7) is 3.80. The fourth-order valence-corrected chi connectivity index (χ4v) is 4.82. The van der Waals surface area contributed by atoms with Crippen LogP contribution in [-0.4, -0.2) is 39.7 Å². The Balaban J connectivity index is 1.79. The molecule has 1 aliphatic heterocycles. The zero-order chi connectivity index (χ0) is 21.0. The Labute approximate surface area is 171 Å². The van der Waals surface area contributed by atoms with E-state index in [1.165, 1.54) is 37.1 Å². The van der Waals surface area contributed by atoms with Crippen LogP contribution >= 0.6 is 0 Å². The number of halogens is 1. The van der Waals surface area contributed by atoms with E-state index in [1.807, 2.05) is 24.3 Å². The van der Waals surface area contributed by atoms with E-state index in [2.05, 4.69) is 10.2 Å². The highest BCUT2D eigenvalue weighted by Crippen LogP contribution is 2.25. The number of hydrogen-bond acceptors (Lipinski definition) is 4. The fourth-order valence-electron chi connectivity index (χ4n) is 3.60. The second kappa shape index (κ2) is 8.82. The van der Waals surface area contributed by atoms with Gasteiger partial charge in [0.15, 0.2) is 0 Å². The molecular formula is C21H26FN3O3S. The van der Waals surface area contributed by atoms with Crippen molar-refractivity contribution >= 4 is 33.0 Å². The molecular weight excluding hydrogens is 393 g/mol. The van der Waals surface area contributed by atoms with Gasteiger partial charge in [-0.1, -0.05) is 6.92 Å². The molecule has 1 amide bonds. The molecule has 1 aliphatic rings. The molecule has 0 bridgehead atoms. The topological polar surface area (TPSA) is 69.7 Å². The first-order chi connectivity index (χ1) is 13.8. The fraction of sp³-hybridized carbons (Fsp3) is 0.381. The monoisotopic (exact) mass is 419 g/mol. The van der Waals surface area contributed by atoms with E-state index in [1.54, 1.807) is 6.92 Å². The van der Waals surface area contributed by atoms with Crippen molar-refractivity contribution in [1.82, 2.24) is 0 Å². The van der Waals surface area contributed by atoms with Gasteiger partial charge >= 0.3 is 0 Å². The predicted molar refractivity (Wildman–Crippen MR) is 114 cm³/mol. The molecule has 3 rings (SSSR count). The van der Waals surface area contributed by atoms with Crippen molar-refractivity contribution in [3.05, 3.63) is 54.3 Å². The number of sulfonamides is 1. The summed E-state index contributed by atoms with van der Waals surface area (Å²) in [7, 11) is -3.75.